The highest BCUT2D eigenvalue weighted by Gasteiger charge is 2.53. The fourth-order valence-electron chi connectivity index (χ4n) is 9.30. The van der Waals surface area contributed by atoms with E-state index < -0.39 is 53.3 Å². The van der Waals surface area contributed by atoms with Crippen LogP contribution in [0.5, 0.6) is 0 Å². The lowest BCUT2D eigenvalue weighted by molar-refractivity contribution is -0.168. The van der Waals surface area contributed by atoms with E-state index in [2.05, 4.69) is 0 Å². The lowest BCUT2D eigenvalue weighted by Crippen LogP contribution is -2.51. The lowest BCUT2D eigenvalue weighted by Gasteiger charge is -2.39. The molecule has 8 aromatic rings. The van der Waals surface area contributed by atoms with Crippen molar-refractivity contribution < 1.29 is 38.0 Å². The zero-order valence-electron chi connectivity index (χ0n) is 38.6. The first-order valence-electron chi connectivity index (χ1n) is 23.3. The Labute approximate surface area is 404 Å². The molecule has 8 heteroatoms. The molecule has 69 heavy (non-hydrogen) atoms. The predicted molar refractivity (Wildman–Crippen MR) is 265 cm³/mol. The van der Waals surface area contributed by atoms with Crippen LogP contribution in [-0.2, 0) is 39.6 Å². The van der Waals surface area contributed by atoms with Crippen molar-refractivity contribution in [3.05, 3.63) is 287 Å². The Kier molecular flexibility index (Phi) is 14.4. The Morgan fingerprint density at radius 2 is 0.609 bits per heavy atom. The minimum Gasteiger partial charge on any atom is -0.453 e. The van der Waals surface area contributed by atoms with Crippen LogP contribution in [0.15, 0.2) is 243 Å². The molecule has 1 heterocycles. The predicted octanol–water partition coefficient (Wildman–Crippen LogP) is 12.0. The first-order valence-corrected chi connectivity index (χ1v) is 23.3. The average molecular weight is 915 g/mol. The highest BCUT2D eigenvalue weighted by molar-refractivity contribution is 5.90. The van der Waals surface area contributed by atoms with Crippen molar-refractivity contribution in [2.75, 3.05) is 13.2 Å². The fourth-order valence-corrected chi connectivity index (χ4v) is 9.30. The molecule has 0 spiro atoms. The number of esters is 2. The van der Waals surface area contributed by atoms with E-state index in [9.17, 15) is 9.59 Å². The molecule has 1 saturated heterocycles. The number of hydrogen-bond donors (Lipinski definition) is 0. The van der Waals surface area contributed by atoms with Gasteiger partial charge in [-0.1, -0.05) is 218 Å². The Balaban J connectivity index is 1.17. The molecule has 4 atom stereocenters. The van der Waals surface area contributed by atoms with Crippen LogP contribution in [0.4, 0.5) is 0 Å². The summed E-state index contributed by atoms with van der Waals surface area (Å²) < 4.78 is 41.7. The van der Waals surface area contributed by atoms with E-state index in [4.69, 9.17) is 28.4 Å². The molecular weight excluding hydrogens is 861 g/mol. The number of carbonyl (C=O) groups is 2. The van der Waals surface area contributed by atoms with Crippen LogP contribution in [0, 0.1) is 0 Å². The van der Waals surface area contributed by atoms with E-state index in [-0.39, 0.29) is 13.2 Å². The first kappa shape index (κ1) is 46.6. The average Bonchev–Trinajstić information content (AvgIpc) is 3.75. The molecule has 4 unspecified atom stereocenters. The topological polar surface area (TPSA) is 89.5 Å². The Bertz CT molecular complexity index is 2460. The molecule has 0 radical (unpaired) electrons. The van der Waals surface area contributed by atoms with Crippen LogP contribution < -0.4 is 0 Å². The van der Waals surface area contributed by atoms with Crippen LogP contribution in [0.25, 0.3) is 0 Å². The summed E-state index contributed by atoms with van der Waals surface area (Å²) in [6, 6.07) is 77.4. The second-order valence-electron chi connectivity index (χ2n) is 17.4. The van der Waals surface area contributed by atoms with Crippen molar-refractivity contribution in [2.45, 2.75) is 55.3 Å². The molecule has 1 fully saturated rings. The molecule has 0 amide bonds. The van der Waals surface area contributed by atoms with Crippen LogP contribution in [0.1, 0.15) is 67.9 Å². The third-order valence-corrected chi connectivity index (χ3v) is 12.4. The summed E-state index contributed by atoms with van der Waals surface area (Å²) in [5, 5.41) is 0. The number of carbonyl (C=O) groups excluding carboxylic acids is 2. The molecule has 0 saturated carbocycles. The van der Waals surface area contributed by atoms with Crippen LogP contribution in [-0.4, -0.2) is 55.4 Å². The third kappa shape index (κ3) is 10.2. The van der Waals surface area contributed by atoms with Gasteiger partial charge >= 0.3 is 11.9 Å². The van der Waals surface area contributed by atoms with Gasteiger partial charge in [0, 0.05) is 0 Å². The standard InChI is InChI=1S/C61H54O8/c1-59(2)68-55(53(66-57(62)45-27-11-3-12-28-45)43-64-60(47-31-15-5-16-32-47,48-33-17-6-18-34-48)49-35-19-7-20-36-49)56(69-59)54(67-58(63)46-29-13-4-14-30-46)44-65-61(50-37-21-8-22-38-50,51-39-23-9-24-40-51)52-41-25-10-26-42-52/h3-42,53-56H,43-44H2,1-2H3. The van der Waals surface area contributed by atoms with Gasteiger partial charge in [0.15, 0.2) is 18.0 Å². The van der Waals surface area contributed by atoms with E-state index in [0.717, 1.165) is 33.4 Å². The number of ether oxygens (including phenoxy) is 6. The van der Waals surface area contributed by atoms with Crippen molar-refractivity contribution in [1.82, 2.24) is 0 Å². The van der Waals surface area contributed by atoms with Gasteiger partial charge in [-0.15, -0.1) is 0 Å². The number of benzene rings is 8. The zero-order valence-corrected chi connectivity index (χ0v) is 38.6. The van der Waals surface area contributed by atoms with Gasteiger partial charge in [-0.05, 0) is 71.5 Å². The van der Waals surface area contributed by atoms with Crippen molar-refractivity contribution >= 4 is 11.9 Å². The second kappa shape index (κ2) is 21.2. The molecule has 0 bridgehead atoms. The second-order valence-corrected chi connectivity index (χ2v) is 17.4. The molecule has 346 valence electrons. The Morgan fingerprint density at radius 3 is 0.841 bits per heavy atom. The largest absolute Gasteiger partial charge is 0.453 e. The molecular formula is C61H54O8. The smallest absolute Gasteiger partial charge is 0.338 e. The van der Waals surface area contributed by atoms with Gasteiger partial charge in [-0.25, -0.2) is 9.59 Å². The van der Waals surface area contributed by atoms with E-state index in [1.807, 2.05) is 194 Å². The quantitative estimate of drug-likeness (QED) is 0.0621. The third-order valence-electron chi connectivity index (χ3n) is 12.4. The van der Waals surface area contributed by atoms with E-state index in [1.165, 1.54) is 0 Å². The molecule has 8 aromatic carbocycles. The van der Waals surface area contributed by atoms with Crippen LogP contribution in [0.3, 0.4) is 0 Å². The summed E-state index contributed by atoms with van der Waals surface area (Å²) in [5.41, 5.74) is 3.46. The molecule has 1 aliphatic heterocycles. The van der Waals surface area contributed by atoms with Crippen molar-refractivity contribution in [3.8, 4) is 0 Å². The summed E-state index contributed by atoms with van der Waals surface area (Å²) in [5.74, 6) is -2.44. The Morgan fingerprint density at radius 1 is 0.391 bits per heavy atom. The van der Waals surface area contributed by atoms with Crippen molar-refractivity contribution in [3.63, 3.8) is 0 Å². The summed E-state index contributed by atoms with van der Waals surface area (Å²) in [6.07, 6.45) is -4.41. The van der Waals surface area contributed by atoms with E-state index in [0.29, 0.717) is 11.1 Å². The van der Waals surface area contributed by atoms with Gasteiger partial charge in [0.25, 0.3) is 0 Å². The van der Waals surface area contributed by atoms with E-state index in [1.54, 1.807) is 62.4 Å². The lowest BCUT2D eigenvalue weighted by atomic mass is 9.80. The highest BCUT2D eigenvalue weighted by Crippen LogP contribution is 2.44. The molecule has 0 N–H and O–H groups in total. The number of rotatable bonds is 18. The summed E-state index contributed by atoms with van der Waals surface area (Å²) in [4.78, 5) is 28.8. The van der Waals surface area contributed by atoms with Gasteiger partial charge in [0.1, 0.15) is 23.4 Å². The van der Waals surface area contributed by atoms with Gasteiger partial charge in [0.2, 0.25) is 0 Å². The summed E-state index contributed by atoms with van der Waals surface area (Å²) in [6.45, 7) is 3.22. The molecule has 0 aromatic heterocycles. The van der Waals surface area contributed by atoms with Gasteiger partial charge < -0.3 is 28.4 Å². The van der Waals surface area contributed by atoms with Crippen molar-refractivity contribution in [2.24, 2.45) is 0 Å². The Hall–Kier alpha value is -7.46. The van der Waals surface area contributed by atoms with E-state index >= 15 is 0 Å². The molecule has 1 aliphatic rings. The first-order chi connectivity index (χ1) is 33.8. The van der Waals surface area contributed by atoms with Crippen LogP contribution in [0.2, 0.25) is 0 Å². The minimum atomic E-state index is -1.26. The van der Waals surface area contributed by atoms with Crippen molar-refractivity contribution in [1.29, 1.82) is 0 Å². The maximum atomic E-state index is 14.4. The van der Waals surface area contributed by atoms with Gasteiger partial charge in [0.05, 0.1) is 24.3 Å². The fraction of sp³-hybridized carbons (Fsp3) is 0.180. The SMILES string of the molecule is CC1(C)OC(C(COC(c2ccccc2)(c2ccccc2)c2ccccc2)OC(=O)c2ccccc2)C(C(COC(c2ccccc2)(c2ccccc2)c2ccccc2)OC(=O)c2ccccc2)O1. The van der Waals surface area contributed by atoms with Crippen LogP contribution >= 0.6 is 0 Å². The summed E-state index contributed by atoms with van der Waals surface area (Å²) in [7, 11) is 0. The van der Waals surface area contributed by atoms with Gasteiger partial charge in [-0.3, -0.25) is 0 Å². The van der Waals surface area contributed by atoms with Gasteiger partial charge in [-0.2, -0.15) is 0 Å². The maximum Gasteiger partial charge on any atom is 0.338 e. The normalized spacial score (nSPS) is 16.5. The number of hydrogen-bond acceptors (Lipinski definition) is 8. The minimum absolute atomic E-state index is 0.181. The molecule has 0 aliphatic carbocycles. The molecule has 9 rings (SSSR count). The molecule has 8 nitrogen and oxygen atoms in total. The summed E-state index contributed by atoms with van der Waals surface area (Å²) >= 11 is 0. The highest BCUT2D eigenvalue weighted by atomic mass is 16.8. The monoisotopic (exact) mass is 914 g/mol. The zero-order chi connectivity index (χ0) is 47.5. The maximum absolute atomic E-state index is 14.4.